The van der Waals surface area contributed by atoms with E-state index < -0.39 is 0 Å². The molecule has 1 unspecified atom stereocenters. The van der Waals surface area contributed by atoms with E-state index >= 15 is 0 Å². The van der Waals surface area contributed by atoms with E-state index in [1.54, 1.807) is 18.1 Å². The summed E-state index contributed by atoms with van der Waals surface area (Å²) in [5.74, 6) is 7.40. The number of nitrogens with one attached hydrogen (secondary N) is 1. The molecule has 0 spiro atoms. The normalized spacial score (nSPS) is 16.9. The number of hydrogen-bond acceptors (Lipinski definition) is 4. The monoisotopic (exact) mass is 281 g/mol. The van der Waals surface area contributed by atoms with Crippen molar-refractivity contribution in [2.45, 2.75) is 18.1 Å². The Labute approximate surface area is 122 Å². The third kappa shape index (κ3) is 3.12. The minimum Gasteiger partial charge on any atom is -0.369 e. The predicted molar refractivity (Wildman–Crippen MR) is 85.6 cm³/mol. The summed E-state index contributed by atoms with van der Waals surface area (Å²) in [6.07, 6.45) is 5.67. The molecule has 0 fully saturated rings. The van der Waals surface area contributed by atoms with Gasteiger partial charge in [-0.3, -0.25) is 0 Å². The van der Waals surface area contributed by atoms with Gasteiger partial charge >= 0.3 is 0 Å². The molecule has 0 radical (unpaired) electrons. The molecule has 1 atom stereocenters. The van der Waals surface area contributed by atoms with E-state index in [-0.39, 0.29) is 0 Å². The summed E-state index contributed by atoms with van der Waals surface area (Å²) in [5, 5.41) is 6.97. The Morgan fingerprint density at radius 2 is 2.25 bits per heavy atom. The van der Waals surface area contributed by atoms with Gasteiger partial charge in [-0.1, -0.05) is 24.1 Å². The molecule has 0 saturated heterocycles. The number of para-hydroxylation sites is 1. The van der Waals surface area contributed by atoms with Crippen LogP contribution in [0.4, 0.5) is 5.82 Å². The third-order valence-electron chi connectivity index (χ3n) is 3.04. The highest BCUT2D eigenvalue weighted by atomic mass is 32.2. The first-order chi connectivity index (χ1) is 9.93. The maximum absolute atomic E-state index is 4.30. The molecule has 4 heteroatoms. The topological polar surface area (TPSA) is 37.8 Å². The maximum Gasteiger partial charge on any atom is 0.137 e. The molecule has 1 N–H and O–H groups in total. The first-order valence-corrected chi connectivity index (χ1v) is 7.60. The second-order valence-corrected chi connectivity index (χ2v) is 5.58. The lowest BCUT2D eigenvalue weighted by Gasteiger charge is -2.06. The summed E-state index contributed by atoms with van der Waals surface area (Å²) < 4.78 is 0. The van der Waals surface area contributed by atoms with Gasteiger partial charge in [-0.25, -0.2) is 9.97 Å². The van der Waals surface area contributed by atoms with Gasteiger partial charge in [0.05, 0.1) is 10.8 Å². The molecule has 3 nitrogen and oxygen atoms in total. The molecule has 100 valence electrons. The van der Waals surface area contributed by atoms with Gasteiger partial charge in [0, 0.05) is 18.4 Å². The number of benzene rings is 1. The van der Waals surface area contributed by atoms with Gasteiger partial charge in [0.2, 0.25) is 0 Å². The highest BCUT2D eigenvalue weighted by Gasteiger charge is 2.05. The smallest absolute Gasteiger partial charge is 0.137 e. The van der Waals surface area contributed by atoms with E-state index in [0.29, 0.717) is 5.25 Å². The van der Waals surface area contributed by atoms with Gasteiger partial charge in [0.1, 0.15) is 12.1 Å². The molecule has 0 aliphatic carbocycles. The summed E-state index contributed by atoms with van der Waals surface area (Å²) in [6.45, 7) is 0.804. The Morgan fingerprint density at radius 3 is 3.15 bits per heavy atom. The van der Waals surface area contributed by atoms with Gasteiger partial charge in [-0.15, -0.1) is 17.7 Å². The lowest BCUT2D eigenvalue weighted by Crippen LogP contribution is -2.03. The molecule has 1 aliphatic rings. The first-order valence-electron chi connectivity index (χ1n) is 6.66. The summed E-state index contributed by atoms with van der Waals surface area (Å²) in [7, 11) is 0. The fraction of sp³-hybridized carbons (Fsp3) is 0.250. The van der Waals surface area contributed by atoms with Crippen LogP contribution in [-0.2, 0) is 0 Å². The van der Waals surface area contributed by atoms with Crippen LogP contribution in [0.2, 0.25) is 0 Å². The minimum absolute atomic E-state index is 0.454. The van der Waals surface area contributed by atoms with E-state index in [1.165, 1.54) is 0 Å². The quantitative estimate of drug-likeness (QED) is 0.690. The van der Waals surface area contributed by atoms with Crippen molar-refractivity contribution in [3.05, 3.63) is 42.1 Å². The molecule has 1 aromatic heterocycles. The van der Waals surface area contributed by atoms with Gasteiger partial charge < -0.3 is 5.32 Å². The van der Waals surface area contributed by atoms with Crippen molar-refractivity contribution in [2.75, 3.05) is 11.9 Å². The average Bonchev–Trinajstić information content (AvgIpc) is 3.00. The van der Waals surface area contributed by atoms with Crippen molar-refractivity contribution >= 4 is 28.5 Å². The van der Waals surface area contributed by atoms with E-state index in [0.717, 1.165) is 36.1 Å². The maximum atomic E-state index is 4.30. The number of allylic oxidation sites excluding steroid dienone is 1. The Morgan fingerprint density at radius 1 is 1.30 bits per heavy atom. The molecule has 2 aromatic rings. The fourth-order valence-electron chi connectivity index (χ4n) is 2.05. The average molecular weight is 281 g/mol. The van der Waals surface area contributed by atoms with Crippen LogP contribution in [0.25, 0.3) is 10.9 Å². The van der Waals surface area contributed by atoms with Crippen LogP contribution in [0, 0.1) is 11.8 Å². The van der Waals surface area contributed by atoms with E-state index in [1.807, 2.05) is 24.3 Å². The van der Waals surface area contributed by atoms with Gasteiger partial charge in [-0.05, 0) is 24.0 Å². The highest BCUT2D eigenvalue weighted by Crippen LogP contribution is 2.22. The highest BCUT2D eigenvalue weighted by molar-refractivity contribution is 8.03. The zero-order valence-corrected chi connectivity index (χ0v) is 11.9. The molecule has 20 heavy (non-hydrogen) atoms. The number of aromatic nitrogens is 2. The van der Waals surface area contributed by atoms with Gasteiger partial charge in [-0.2, -0.15) is 0 Å². The molecule has 2 heterocycles. The summed E-state index contributed by atoms with van der Waals surface area (Å²) >= 11 is 1.80. The third-order valence-corrected chi connectivity index (χ3v) is 4.03. The number of thioether (sulfide) groups is 1. The lowest BCUT2D eigenvalue weighted by atomic mass is 10.2. The SMILES string of the molecule is C(#CC1CC=CS1)CCNc1ncnc2ccccc12. The van der Waals surface area contributed by atoms with E-state index in [4.69, 9.17) is 0 Å². The van der Waals surface area contributed by atoms with Crippen LogP contribution >= 0.6 is 11.8 Å². The van der Waals surface area contributed by atoms with E-state index in [2.05, 4.69) is 38.6 Å². The molecular weight excluding hydrogens is 266 g/mol. The summed E-state index contributed by atoms with van der Waals surface area (Å²) in [6, 6.07) is 8.01. The second kappa shape index (κ2) is 6.44. The van der Waals surface area contributed by atoms with Crippen molar-refractivity contribution in [3.63, 3.8) is 0 Å². The molecule has 0 bridgehead atoms. The van der Waals surface area contributed by atoms with Gasteiger partial charge in [0.25, 0.3) is 0 Å². The zero-order valence-electron chi connectivity index (χ0n) is 11.0. The number of hydrogen-bond donors (Lipinski definition) is 1. The number of nitrogens with zero attached hydrogens (tertiary/aromatic N) is 2. The summed E-state index contributed by atoms with van der Waals surface area (Å²) in [4.78, 5) is 8.55. The molecular formula is C16H15N3S. The minimum atomic E-state index is 0.454. The second-order valence-electron chi connectivity index (χ2n) is 4.47. The molecule has 3 rings (SSSR count). The Kier molecular flexibility index (Phi) is 4.19. The Balaban J connectivity index is 1.57. The van der Waals surface area contributed by atoms with Crippen molar-refractivity contribution in [1.29, 1.82) is 0 Å². The summed E-state index contributed by atoms with van der Waals surface area (Å²) in [5.41, 5.74) is 0.963. The lowest BCUT2D eigenvalue weighted by molar-refractivity contribution is 1.06. The standard InChI is InChI=1S/C16H15N3S/c1-2-9-15-14(8-1)16(19-12-18-15)17-10-4-3-6-13-7-5-11-20-13/h1-2,5,8-9,11-13H,4,7,10H2,(H,17,18,19). The van der Waals surface area contributed by atoms with E-state index in [9.17, 15) is 0 Å². The van der Waals surface area contributed by atoms with Crippen LogP contribution in [0.15, 0.2) is 42.1 Å². The van der Waals surface area contributed by atoms with Crippen LogP contribution in [0.1, 0.15) is 12.8 Å². The predicted octanol–water partition coefficient (Wildman–Crippen LogP) is 3.45. The largest absolute Gasteiger partial charge is 0.369 e. The van der Waals surface area contributed by atoms with Crippen molar-refractivity contribution in [1.82, 2.24) is 9.97 Å². The van der Waals surface area contributed by atoms with Crippen molar-refractivity contribution in [2.24, 2.45) is 0 Å². The fourth-order valence-corrected chi connectivity index (χ4v) is 2.84. The van der Waals surface area contributed by atoms with Gasteiger partial charge in [0.15, 0.2) is 0 Å². The number of anilines is 1. The van der Waals surface area contributed by atoms with Crippen molar-refractivity contribution in [3.8, 4) is 11.8 Å². The Hall–Kier alpha value is -1.99. The molecule has 1 aliphatic heterocycles. The van der Waals surface area contributed by atoms with Crippen LogP contribution in [0.5, 0.6) is 0 Å². The molecule has 0 saturated carbocycles. The Bertz CT molecular complexity index is 671. The van der Waals surface area contributed by atoms with Crippen LogP contribution in [-0.4, -0.2) is 21.8 Å². The number of fused-ring (bicyclic) bond motifs is 1. The zero-order chi connectivity index (χ0) is 13.6. The first kappa shape index (κ1) is 13.0. The number of rotatable bonds is 3. The van der Waals surface area contributed by atoms with Crippen LogP contribution < -0.4 is 5.32 Å². The molecule has 0 amide bonds. The van der Waals surface area contributed by atoms with Crippen LogP contribution in [0.3, 0.4) is 0 Å². The molecule has 1 aromatic carbocycles. The van der Waals surface area contributed by atoms with Crippen molar-refractivity contribution < 1.29 is 0 Å².